The number of fused-ring (bicyclic) bond motifs is 2. The van der Waals surface area contributed by atoms with E-state index >= 15 is 0 Å². The van der Waals surface area contributed by atoms with Gasteiger partial charge in [-0.3, -0.25) is 4.79 Å². The summed E-state index contributed by atoms with van der Waals surface area (Å²) in [4.78, 5) is 17.2. The maximum atomic E-state index is 14.5. The maximum absolute atomic E-state index is 14.5. The Morgan fingerprint density at radius 1 is 1.22 bits per heavy atom. The zero-order valence-electron chi connectivity index (χ0n) is 17.7. The van der Waals surface area contributed by atoms with E-state index in [1.807, 2.05) is 6.20 Å². The molecule has 3 aromatic rings. The SMILES string of the molecule is NC(=O)c1ccc(F)c2c1OCC(N(CCCc1c[nH]c3ccc(F)cc13)C1CCC1)=C2. The van der Waals surface area contributed by atoms with Crippen molar-refractivity contribution in [3.63, 3.8) is 0 Å². The van der Waals surface area contributed by atoms with Gasteiger partial charge in [-0.2, -0.15) is 0 Å². The van der Waals surface area contributed by atoms with Gasteiger partial charge in [0, 0.05) is 29.7 Å². The second-order valence-electron chi connectivity index (χ2n) is 8.51. The molecule has 2 aromatic carbocycles. The zero-order valence-corrected chi connectivity index (χ0v) is 17.7. The molecule has 1 amide bonds. The predicted octanol–water partition coefficient (Wildman–Crippen LogP) is 4.77. The predicted molar refractivity (Wildman–Crippen MR) is 119 cm³/mol. The summed E-state index contributed by atoms with van der Waals surface area (Å²) in [5.41, 5.74) is 8.82. The molecular formula is C25H25F2N3O2. The van der Waals surface area contributed by atoms with Crippen molar-refractivity contribution in [2.45, 2.75) is 38.1 Å². The number of H-pyrrole nitrogens is 1. The first-order chi connectivity index (χ1) is 15.5. The molecule has 32 heavy (non-hydrogen) atoms. The lowest BCUT2D eigenvalue weighted by atomic mass is 9.90. The Kier molecular flexibility index (Phi) is 5.33. The van der Waals surface area contributed by atoms with E-state index in [1.54, 1.807) is 18.2 Å². The van der Waals surface area contributed by atoms with Crippen LogP contribution in [-0.2, 0) is 6.42 Å². The van der Waals surface area contributed by atoms with Crippen LogP contribution >= 0.6 is 0 Å². The molecule has 0 unspecified atom stereocenters. The second-order valence-corrected chi connectivity index (χ2v) is 8.51. The minimum absolute atomic E-state index is 0.193. The number of ether oxygens (including phenoxy) is 1. The highest BCUT2D eigenvalue weighted by Gasteiger charge is 2.30. The van der Waals surface area contributed by atoms with Crippen molar-refractivity contribution < 1.29 is 18.3 Å². The first kappa shape index (κ1) is 20.5. The second kappa shape index (κ2) is 8.30. The number of carbonyl (C=O) groups is 1. The quantitative estimate of drug-likeness (QED) is 0.560. The number of nitrogens with two attached hydrogens (primary N) is 1. The number of halogens is 2. The highest BCUT2D eigenvalue weighted by molar-refractivity contribution is 5.97. The number of rotatable bonds is 7. The molecule has 0 saturated heterocycles. The van der Waals surface area contributed by atoms with Crippen LogP contribution in [0.25, 0.3) is 17.0 Å². The normalized spacial score (nSPS) is 15.6. The lowest BCUT2D eigenvalue weighted by molar-refractivity contribution is 0.0994. The monoisotopic (exact) mass is 437 g/mol. The maximum Gasteiger partial charge on any atom is 0.252 e. The van der Waals surface area contributed by atoms with Gasteiger partial charge in [-0.25, -0.2) is 8.78 Å². The first-order valence-electron chi connectivity index (χ1n) is 11.0. The van der Waals surface area contributed by atoms with Gasteiger partial charge < -0.3 is 20.4 Å². The molecule has 0 radical (unpaired) electrons. The van der Waals surface area contributed by atoms with Gasteiger partial charge in [0.2, 0.25) is 0 Å². The van der Waals surface area contributed by atoms with Crippen LogP contribution in [0.1, 0.15) is 47.2 Å². The third-order valence-electron chi connectivity index (χ3n) is 6.54. The van der Waals surface area contributed by atoms with E-state index in [9.17, 15) is 13.6 Å². The van der Waals surface area contributed by atoms with Crippen LogP contribution in [0, 0.1) is 11.6 Å². The van der Waals surface area contributed by atoms with E-state index in [0.717, 1.165) is 54.4 Å². The fraction of sp³-hybridized carbons (Fsp3) is 0.320. The van der Waals surface area contributed by atoms with Gasteiger partial charge in [-0.1, -0.05) is 0 Å². The van der Waals surface area contributed by atoms with Crippen molar-refractivity contribution in [3.8, 4) is 5.75 Å². The Bertz CT molecular complexity index is 1210. The van der Waals surface area contributed by atoms with Crippen LogP contribution in [0.2, 0.25) is 0 Å². The molecule has 3 N–H and O–H groups in total. The minimum Gasteiger partial charge on any atom is -0.486 e. The standard InChI is InChI=1S/C25H25F2N3O2/c26-16-6-9-23-20(11-16)15(13-29-23)3-2-10-30(17-4-1-5-17)18-12-21-22(27)8-7-19(25(28)31)24(21)32-14-18/h6-9,11-13,17,29H,1-5,10,14H2,(H2,28,31). The van der Waals surface area contributed by atoms with E-state index in [1.165, 1.54) is 24.6 Å². The van der Waals surface area contributed by atoms with Crippen LogP contribution in [0.5, 0.6) is 5.75 Å². The van der Waals surface area contributed by atoms with Gasteiger partial charge in [0.1, 0.15) is 24.0 Å². The smallest absolute Gasteiger partial charge is 0.252 e. The van der Waals surface area contributed by atoms with E-state index in [4.69, 9.17) is 10.5 Å². The number of primary amides is 1. The third-order valence-corrected chi connectivity index (χ3v) is 6.54. The van der Waals surface area contributed by atoms with Crippen molar-refractivity contribution in [2.75, 3.05) is 13.2 Å². The van der Waals surface area contributed by atoms with Gasteiger partial charge in [-0.05, 0) is 74.1 Å². The number of hydrogen-bond donors (Lipinski definition) is 2. The first-order valence-corrected chi connectivity index (χ1v) is 11.0. The molecule has 1 aliphatic carbocycles. The summed E-state index contributed by atoms with van der Waals surface area (Å²) in [5, 5.41) is 0.912. The van der Waals surface area contributed by atoms with Gasteiger partial charge in [0.05, 0.1) is 16.8 Å². The van der Waals surface area contributed by atoms with E-state index < -0.39 is 11.7 Å². The van der Waals surface area contributed by atoms with E-state index in [2.05, 4.69) is 9.88 Å². The Hall–Kier alpha value is -3.35. The average Bonchev–Trinajstić information content (AvgIpc) is 3.13. The van der Waals surface area contributed by atoms with Gasteiger partial charge in [0.15, 0.2) is 0 Å². The molecule has 5 rings (SSSR count). The summed E-state index contributed by atoms with van der Waals surface area (Å²) >= 11 is 0. The molecule has 166 valence electrons. The molecule has 0 bridgehead atoms. The molecule has 5 nitrogen and oxygen atoms in total. The molecule has 1 fully saturated rings. The number of aromatic amines is 1. The highest BCUT2D eigenvalue weighted by Crippen LogP contribution is 2.36. The topological polar surface area (TPSA) is 71.4 Å². The number of nitrogens with one attached hydrogen (secondary N) is 1. The largest absolute Gasteiger partial charge is 0.486 e. The van der Waals surface area contributed by atoms with Crippen molar-refractivity contribution in [1.29, 1.82) is 0 Å². The number of hydrogen-bond acceptors (Lipinski definition) is 3. The molecule has 1 saturated carbocycles. The fourth-order valence-electron chi connectivity index (χ4n) is 4.64. The lowest BCUT2D eigenvalue weighted by Crippen LogP contribution is -2.42. The number of aryl methyl sites for hydroxylation is 1. The van der Waals surface area contributed by atoms with Gasteiger partial charge >= 0.3 is 0 Å². The summed E-state index contributed by atoms with van der Waals surface area (Å²) in [7, 11) is 0. The van der Waals surface area contributed by atoms with Gasteiger partial charge in [0.25, 0.3) is 5.91 Å². The Balaban J connectivity index is 1.36. The molecular weight excluding hydrogens is 412 g/mol. The van der Waals surface area contributed by atoms with E-state index in [0.29, 0.717) is 6.04 Å². The fourth-order valence-corrected chi connectivity index (χ4v) is 4.64. The average molecular weight is 437 g/mol. The molecule has 1 aromatic heterocycles. The van der Waals surface area contributed by atoms with Crippen LogP contribution in [0.4, 0.5) is 8.78 Å². The minimum atomic E-state index is -0.635. The number of amides is 1. The molecule has 2 aliphatic rings. The number of carbonyl (C=O) groups excluding carboxylic acids is 1. The van der Waals surface area contributed by atoms with Crippen LogP contribution < -0.4 is 10.5 Å². The molecule has 0 atom stereocenters. The number of aromatic nitrogens is 1. The Morgan fingerprint density at radius 3 is 2.81 bits per heavy atom. The lowest BCUT2D eigenvalue weighted by Gasteiger charge is -2.41. The molecule has 1 aliphatic heterocycles. The number of nitrogens with zero attached hydrogens (tertiary/aromatic N) is 1. The van der Waals surface area contributed by atoms with Crippen molar-refractivity contribution >= 4 is 22.9 Å². The summed E-state index contributed by atoms with van der Waals surface area (Å²) < 4.78 is 34.0. The van der Waals surface area contributed by atoms with Crippen molar-refractivity contribution in [1.82, 2.24) is 9.88 Å². The van der Waals surface area contributed by atoms with Gasteiger partial charge in [-0.15, -0.1) is 0 Å². The molecule has 0 spiro atoms. The molecule has 2 heterocycles. The highest BCUT2D eigenvalue weighted by atomic mass is 19.1. The number of benzene rings is 2. The van der Waals surface area contributed by atoms with Crippen LogP contribution in [0.3, 0.4) is 0 Å². The van der Waals surface area contributed by atoms with Crippen molar-refractivity contribution in [3.05, 3.63) is 70.6 Å². The third kappa shape index (κ3) is 3.72. The summed E-state index contributed by atoms with van der Waals surface area (Å²) in [5.74, 6) is -1.09. The van der Waals surface area contributed by atoms with Crippen LogP contribution in [-0.4, -0.2) is 35.0 Å². The van der Waals surface area contributed by atoms with E-state index in [-0.39, 0.29) is 29.3 Å². The van der Waals surface area contributed by atoms with Crippen molar-refractivity contribution in [2.24, 2.45) is 5.73 Å². The molecule has 7 heteroatoms. The summed E-state index contributed by atoms with van der Waals surface area (Å²) in [6, 6.07) is 7.80. The summed E-state index contributed by atoms with van der Waals surface area (Å²) in [6.45, 7) is 1.06. The Morgan fingerprint density at radius 2 is 2.06 bits per heavy atom. The Labute approximate surface area is 184 Å². The zero-order chi connectivity index (χ0) is 22.2. The summed E-state index contributed by atoms with van der Waals surface area (Å²) in [6.07, 6.45) is 8.76. The van der Waals surface area contributed by atoms with Crippen LogP contribution in [0.15, 0.2) is 42.2 Å².